The molecule has 0 radical (unpaired) electrons. The Labute approximate surface area is 170 Å². The van der Waals surface area contributed by atoms with Crippen LogP contribution in [0.3, 0.4) is 0 Å². The van der Waals surface area contributed by atoms with Crippen molar-refractivity contribution in [1.29, 1.82) is 0 Å². The molecule has 0 spiro atoms. The molecule has 2 N–H and O–H groups in total. The molecule has 0 aromatic heterocycles. The van der Waals surface area contributed by atoms with E-state index in [1.54, 1.807) is 17.5 Å². The second kappa shape index (κ2) is 11.2. The first-order valence-electron chi connectivity index (χ1n) is 6.45. The first-order valence-corrected chi connectivity index (χ1v) is 16.2. The molecule has 12 heteroatoms. The first-order chi connectivity index (χ1) is 10.8. The number of halogens is 2. The van der Waals surface area contributed by atoms with Crippen molar-refractivity contribution >= 4 is 79.6 Å². The van der Waals surface area contributed by atoms with E-state index in [4.69, 9.17) is 24.7 Å². The number of carbonyl (C=O) groups excluding carboxylic acids is 2. The molecule has 134 valence electrons. The summed E-state index contributed by atoms with van der Waals surface area (Å²) in [4.78, 5) is 22.4. The van der Waals surface area contributed by atoms with Crippen LogP contribution in [0.4, 0.5) is 0 Å². The van der Waals surface area contributed by atoms with Gasteiger partial charge in [0.05, 0.1) is 8.45 Å². The zero-order valence-electron chi connectivity index (χ0n) is 12.6. The fourth-order valence-electron chi connectivity index (χ4n) is 2.04. The van der Waals surface area contributed by atoms with Crippen LogP contribution in [0, 0.1) is 0 Å². The molecule has 5 unspecified atom stereocenters. The Balaban J connectivity index is 2.88. The minimum Gasteiger partial charge on any atom is -0.463 e. The lowest BCUT2D eigenvalue weighted by Gasteiger charge is -2.43. The summed E-state index contributed by atoms with van der Waals surface area (Å²) in [5.41, 5.74) is 5.89. The van der Waals surface area contributed by atoms with E-state index in [1.165, 1.54) is 24.6 Å². The minimum atomic E-state index is -0.737. The summed E-state index contributed by atoms with van der Waals surface area (Å²) in [6.45, 7) is 2.58. The lowest BCUT2D eigenvalue weighted by Crippen LogP contribution is -2.63. The summed E-state index contributed by atoms with van der Waals surface area (Å²) in [6.07, 6.45) is -1.80. The molecule has 1 rings (SSSR count). The molecule has 5 atom stereocenters. The van der Waals surface area contributed by atoms with E-state index < -0.39 is 36.3 Å². The van der Waals surface area contributed by atoms with Gasteiger partial charge in [0.25, 0.3) is 0 Å². The quantitative estimate of drug-likeness (QED) is 0.202. The van der Waals surface area contributed by atoms with Gasteiger partial charge in [0.1, 0.15) is 30.4 Å². The van der Waals surface area contributed by atoms with E-state index in [0.717, 1.165) is 0 Å². The summed E-state index contributed by atoms with van der Waals surface area (Å²) < 4.78 is 21.5. The number of ether oxygens (including phenoxy) is 4. The molecule has 1 saturated heterocycles. The largest absolute Gasteiger partial charge is 0.463 e. The molecule has 0 amide bonds. The predicted molar refractivity (Wildman–Crippen MR) is 110 cm³/mol. The maximum atomic E-state index is 11.3. The Morgan fingerprint density at radius 2 is 1.91 bits per heavy atom. The first kappa shape index (κ1) is 22.5. The summed E-state index contributed by atoms with van der Waals surface area (Å²) in [5, 5.41) is 0. The van der Waals surface area contributed by atoms with E-state index in [-0.39, 0.29) is 14.5 Å². The molecular formula is C11H18I2NO6PS2. The van der Waals surface area contributed by atoms with Gasteiger partial charge in [-0.2, -0.15) is 0 Å². The van der Waals surface area contributed by atoms with Gasteiger partial charge in [0, 0.05) is 21.0 Å². The molecule has 0 aromatic carbocycles. The van der Waals surface area contributed by atoms with Crippen molar-refractivity contribution in [3.8, 4) is 0 Å². The van der Waals surface area contributed by atoms with Gasteiger partial charge >= 0.3 is 11.9 Å². The third-order valence-corrected chi connectivity index (χ3v) is 15.3. The van der Waals surface area contributed by atoms with Gasteiger partial charge in [-0.15, -0.1) is 0 Å². The molecule has 7 nitrogen and oxygen atoms in total. The zero-order chi connectivity index (χ0) is 17.6. The molecule has 23 heavy (non-hydrogen) atoms. The van der Waals surface area contributed by atoms with Crippen molar-refractivity contribution in [1.82, 2.24) is 0 Å². The van der Waals surface area contributed by atoms with Gasteiger partial charge in [-0.3, -0.25) is 9.59 Å². The Kier molecular flexibility index (Phi) is 10.9. The average Bonchev–Trinajstić information content (AvgIpc) is 2.45. The van der Waals surface area contributed by atoms with Gasteiger partial charge in [-0.1, -0.05) is 10.8 Å². The number of rotatable bonds is 7. The molecule has 0 aliphatic carbocycles. The lowest BCUT2D eigenvalue weighted by atomic mass is 9.98. The topological polar surface area (TPSA) is 97.1 Å². The number of methoxy groups -OCH3 is 1. The Hall–Kier alpha value is 1.41. The van der Waals surface area contributed by atoms with Gasteiger partial charge in [-0.25, -0.2) is 0 Å². The minimum absolute atomic E-state index is 0.0254. The van der Waals surface area contributed by atoms with Crippen molar-refractivity contribution in [3.05, 3.63) is 0 Å². The van der Waals surface area contributed by atoms with Gasteiger partial charge in [0.2, 0.25) is 0 Å². The van der Waals surface area contributed by atoms with Crippen LogP contribution in [0.15, 0.2) is 0 Å². The molecule has 0 aromatic rings. The molecule has 0 bridgehead atoms. The standard InChI is InChI=1S/C11H18I2NO6PS2/c1-5(15)18-4-7-9(19-6(2)16)8(14)10(17-3)11(20-7)22-23-21(12)13/h7-11H,4,14H2,1-3H3. The van der Waals surface area contributed by atoms with Crippen LogP contribution >= 0.6 is 67.7 Å². The van der Waals surface area contributed by atoms with Crippen molar-refractivity contribution in [2.45, 2.75) is 43.6 Å². The average molecular weight is 609 g/mol. The van der Waals surface area contributed by atoms with Crippen molar-refractivity contribution in [2.75, 3.05) is 13.7 Å². The Morgan fingerprint density at radius 1 is 1.26 bits per heavy atom. The van der Waals surface area contributed by atoms with Crippen molar-refractivity contribution in [2.24, 2.45) is 5.73 Å². The van der Waals surface area contributed by atoms with Gasteiger partial charge in [0.15, 0.2) is 0 Å². The summed E-state index contributed by atoms with van der Waals surface area (Å²) >= 11 is 4.68. The SMILES string of the molecule is COC1C(SSP(I)I)OC(COC(C)=O)C(OC(C)=O)C1N. The number of nitrogens with two attached hydrogens (primary N) is 1. The maximum Gasteiger partial charge on any atom is 0.303 e. The zero-order valence-corrected chi connectivity index (χ0v) is 19.5. The van der Waals surface area contributed by atoms with Crippen LogP contribution in [0.5, 0.6) is 0 Å². The summed E-state index contributed by atoms with van der Waals surface area (Å²) in [5.74, 6) is -0.903. The third-order valence-electron chi connectivity index (χ3n) is 2.92. The smallest absolute Gasteiger partial charge is 0.303 e. The number of carbonyl (C=O) groups is 2. The number of hydrogen-bond donors (Lipinski definition) is 1. The summed E-state index contributed by atoms with van der Waals surface area (Å²) in [7, 11) is 4.74. The number of esters is 2. The monoisotopic (exact) mass is 609 g/mol. The highest BCUT2D eigenvalue weighted by Gasteiger charge is 2.47. The second-order valence-corrected chi connectivity index (χ2v) is 24.5. The highest BCUT2D eigenvalue weighted by molar-refractivity contribution is 14.3. The van der Waals surface area contributed by atoms with E-state index >= 15 is 0 Å². The van der Waals surface area contributed by atoms with E-state index in [9.17, 15) is 9.59 Å². The summed E-state index contributed by atoms with van der Waals surface area (Å²) in [6, 6.07) is -0.578. The van der Waals surface area contributed by atoms with E-state index in [2.05, 4.69) is 44.1 Å². The van der Waals surface area contributed by atoms with Gasteiger partial charge in [-0.05, 0) is 54.5 Å². The fourth-order valence-corrected chi connectivity index (χ4v) is 10.1. The van der Waals surface area contributed by atoms with Crippen molar-refractivity contribution < 1.29 is 28.5 Å². The molecule has 1 aliphatic heterocycles. The van der Waals surface area contributed by atoms with Crippen molar-refractivity contribution in [3.63, 3.8) is 0 Å². The van der Waals surface area contributed by atoms with Crippen LogP contribution in [0.2, 0.25) is 0 Å². The van der Waals surface area contributed by atoms with Crippen LogP contribution in [0.1, 0.15) is 13.8 Å². The second-order valence-electron chi connectivity index (χ2n) is 4.57. The molecule has 1 heterocycles. The Bertz CT molecular complexity index is 422. The van der Waals surface area contributed by atoms with Crippen LogP contribution in [-0.2, 0) is 28.5 Å². The highest BCUT2D eigenvalue weighted by Crippen LogP contribution is 2.70. The number of hydrogen-bond acceptors (Lipinski definition) is 9. The molecule has 1 fully saturated rings. The van der Waals surface area contributed by atoms with E-state index in [0.29, 0.717) is 0 Å². The Morgan fingerprint density at radius 3 is 2.39 bits per heavy atom. The van der Waals surface area contributed by atoms with Crippen LogP contribution < -0.4 is 5.73 Å². The highest BCUT2D eigenvalue weighted by atomic mass is 127. The van der Waals surface area contributed by atoms with Crippen LogP contribution in [-0.4, -0.2) is 55.4 Å². The maximum absolute atomic E-state index is 11.3. The third kappa shape index (κ3) is 7.67. The molecular weight excluding hydrogens is 591 g/mol. The van der Waals surface area contributed by atoms with Gasteiger partial charge < -0.3 is 24.7 Å². The predicted octanol–water partition coefficient (Wildman–Crippen LogP) is 3.03. The fraction of sp³-hybridized carbons (Fsp3) is 0.818. The molecule has 0 saturated carbocycles. The molecule has 1 aliphatic rings. The lowest BCUT2D eigenvalue weighted by molar-refractivity contribution is -0.196. The van der Waals surface area contributed by atoms with E-state index in [1.807, 2.05) is 0 Å². The van der Waals surface area contributed by atoms with Crippen LogP contribution in [0.25, 0.3) is 0 Å². The normalized spacial score (nSPS) is 31.0.